The largest absolute Gasteiger partial charge is 0.493 e. The number of amides is 1. The van der Waals surface area contributed by atoms with Crippen molar-refractivity contribution < 1.29 is 13.9 Å². The fourth-order valence-corrected chi connectivity index (χ4v) is 4.66. The van der Waals surface area contributed by atoms with Gasteiger partial charge in [-0.2, -0.15) is 0 Å². The first-order valence-electron chi connectivity index (χ1n) is 11.7. The van der Waals surface area contributed by atoms with E-state index in [0.29, 0.717) is 19.6 Å². The lowest BCUT2D eigenvalue weighted by atomic mass is 10.1. The predicted octanol–water partition coefficient (Wildman–Crippen LogP) is 5.78. The Balaban J connectivity index is 1.34. The molecule has 5 nitrogen and oxygen atoms in total. The van der Waals surface area contributed by atoms with E-state index in [-0.39, 0.29) is 17.6 Å². The van der Waals surface area contributed by atoms with Crippen molar-refractivity contribution in [2.45, 2.75) is 39.2 Å². The number of aryl methyl sites for hydroxylation is 3. The number of benzene rings is 3. The summed E-state index contributed by atoms with van der Waals surface area (Å²) in [4.78, 5) is 19.5. The van der Waals surface area contributed by atoms with Gasteiger partial charge in [-0.1, -0.05) is 24.3 Å². The first kappa shape index (κ1) is 22.1. The van der Waals surface area contributed by atoms with E-state index < -0.39 is 0 Å². The molecule has 174 valence electrons. The molecule has 0 aliphatic carbocycles. The van der Waals surface area contributed by atoms with Gasteiger partial charge >= 0.3 is 0 Å². The molecule has 34 heavy (non-hydrogen) atoms. The summed E-state index contributed by atoms with van der Waals surface area (Å²) in [5.74, 6) is 1.55. The molecular weight excluding hydrogens is 429 g/mol. The number of carbonyl (C=O) groups is 1. The second-order valence-electron chi connectivity index (χ2n) is 8.96. The number of imidazole rings is 1. The normalized spacial score (nSPS) is 15.9. The van der Waals surface area contributed by atoms with Gasteiger partial charge in [-0.3, -0.25) is 4.79 Å². The first-order chi connectivity index (χ1) is 16.5. The van der Waals surface area contributed by atoms with Crippen LogP contribution in [-0.4, -0.2) is 28.6 Å². The van der Waals surface area contributed by atoms with Crippen LogP contribution in [0.1, 0.15) is 35.7 Å². The Morgan fingerprint density at radius 1 is 1.06 bits per heavy atom. The van der Waals surface area contributed by atoms with Crippen LogP contribution in [0.25, 0.3) is 11.0 Å². The smallest absolute Gasteiger partial charge is 0.227 e. The minimum Gasteiger partial charge on any atom is -0.493 e. The summed E-state index contributed by atoms with van der Waals surface area (Å²) >= 11 is 0. The molecule has 1 fully saturated rings. The van der Waals surface area contributed by atoms with Gasteiger partial charge in [-0.25, -0.2) is 9.37 Å². The highest BCUT2D eigenvalue weighted by Crippen LogP contribution is 2.33. The highest BCUT2D eigenvalue weighted by Gasteiger charge is 2.34. The van der Waals surface area contributed by atoms with E-state index in [1.807, 2.05) is 18.2 Å². The van der Waals surface area contributed by atoms with Gasteiger partial charge in [-0.05, 0) is 73.9 Å². The Labute approximate surface area is 198 Å². The number of hydrogen-bond donors (Lipinski definition) is 0. The Hall–Kier alpha value is -3.67. The van der Waals surface area contributed by atoms with Crippen molar-refractivity contribution in [3.05, 3.63) is 89.5 Å². The molecule has 0 spiro atoms. The number of carbonyl (C=O) groups excluding carboxylic acids is 1. The minimum atomic E-state index is -0.309. The maximum absolute atomic E-state index is 13.4. The van der Waals surface area contributed by atoms with Crippen LogP contribution in [0.5, 0.6) is 5.75 Å². The third-order valence-corrected chi connectivity index (χ3v) is 6.44. The van der Waals surface area contributed by atoms with Crippen molar-refractivity contribution in [1.82, 2.24) is 9.55 Å². The zero-order valence-electron chi connectivity index (χ0n) is 19.5. The monoisotopic (exact) mass is 457 g/mol. The average molecular weight is 458 g/mol. The second-order valence-corrected chi connectivity index (χ2v) is 8.96. The predicted molar refractivity (Wildman–Crippen MR) is 132 cm³/mol. The number of fused-ring (bicyclic) bond motifs is 1. The summed E-state index contributed by atoms with van der Waals surface area (Å²) in [6.07, 6.45) is 1.21. The Morgan fingerprint density at radius 3 is 2.68 bits per heavy atom. The number of nitrogens with zero attached hydrogens (tertiary/aromatic N) is 3. The van der Waals surface area contributed by atoms with Crippen LogP contribution in [0.2, 0.25) is 0 Å². The fourth-order valence-electron chi connectivity index (χ4n) is 4.66. The number of halogens is 1. The third kappa shape index (κ3) is 4.40. The van der Waals surface area contributed by atoms with E-state index in [0.717, 1.165) is 46.8 Å². The van der Waals surface area contributed by atoms with Crippen LogP contribution in [-0.2, 0) is 11.3 Å². The van der Waals surface area contributed by atoms with Crippen LogP contribution in [0.3, 0.4) is 0 Å². The van der Waals surface area contributed by atoms with Gasteiger partial charge in [0.15, 0.2) is 0 Å². The van der Waals surface area contributed by atoms with E-state index in [2.05, 4.69) is 42.7 Å². The summed E-state index contributed by atoms with van der Waals surface area (Å²) in [5, 5.41) is 0. The Bertz CT molecular complexity index is 1330. The summed E-state index contributed by atoms with van der Waals surface area (Å²) in [7, 11) is 0. The number of ether oxygens (including phenoxy) is 1. The lowest BCUT2D eigenvalue weighted by molar-refractivity contribution is -0.117. The molecule has 3 aromatic carbocycles. The summed E-state index contributed by atoms with van der Waals surface area (Å²) in [6.45, 7) is 6.00. The van der Waals surface area contributed by atoms with Crippen molar-refractivity contribution in [3.8, 4) is 5.75 Å². The minimum absolute atomic E-state index is 0.0233. The molecule has 1 amide bonds. The van der Waals surface area contributed by atoms with Gasteiger partial charge in [0, 0.05) is 31.1 Å². The van der Waals surface area contributed by atoms with Crippen molar-refractivity contribution in [2.24, 2.45) is 0 Å². The Kier molecular flexibility index (Phi) is 6.05. The molecule has 1 aliphatic rings. The third-order valence-electron chi connectivity index (χ3n) is 6.44. The van der Waals surface area contributed by atoms with E-state index in [1.165, 1.54) is 17.7 Å². The van der Waals surface area contributed by atoms with Crippen LogP contribution in [0.15, 0.2) is 66.7 Å². The van der Waals surface area contributed by atoms with Gasteiger partial charge < -0.3 is 14.2 Å². The molecule has 6 heteroatoms. The number of rotatable bonds is 7. The van der Waals surface area contributed by atoms with E-state index in [9.17, 15) is 9.18 Å². The lowest BCUT2D eigenvalue weighted by Gasteiger charge is -2.17. The van der Waals surface area contributed by atoms with Crippen LogP contribution < -0.4 is 9.64 Å². The number of anilines is 1. The first-order valence-corrected chi connectivity index (χ1v) is 11.7. The van der Waals surface area contributed by atoms with Gasteiger partial charge in [0.1, 0.15) is 17.4 Å². The second kappa shape index (κ2) is 9.29. The molecule has 0 saturated carbocycles. The van der Waals surface area contributed by atoms with Crippen LogP contribution in [0, 0.1) is 19.7 Å². The molecule has 1 saturated heterocycles. The van der Waals surface area contributed by atoms with E-state index >= 15 is 0 Å². The quantitative estimate of drug-likeness (QED) is 0.331. The lowest BCUT2D eigenvalue weighted by Crippen LogP contribution is -2.24. The van der Waals surface area contributed by atoms with Gasteiger partial charge in [0.25, 0.3) is 0 Å². The molecule has 1 atom stereocenters. The summed E-state index contributed by atoms with van der Waals surface area (Å²) < 4.78 is 21.7. The molecule has 0 bridgehead atoms. The van der Waals surface area contributed by atoms with Crippen LogP contribution in [0.4, 0.5) is 10.1 Å². The highest BCUT2D eigenvalue weighted by atomic mass is 19.1. The molecule has 0 radical (unpaired) electrons. The zero-order chi connectivity index (χ0) is 23.7. The SMILES string of the molecule is Cc1ccc(C)c(OCCCn2c([C@@H]3CC(=O)N(c4ccc(F)cc4)C3)nc3ccccc32)c1. The average Bonchev–Trinajstić information content (AvgIpc) is 3.40. The van der Waals surface area contributed by atoms with Crippen LogP contribution >= 0.6 is 0 Å². The standard InChI is InChI=1S/C28H28FN3O2/c1-19-8-9-20(2)26(16-19)34-15-5-14-31-25-7-4-3-6-24(25)30-28(31)21-17-27(33)32(18-21)23-12-10-22(29)11-13-23/h3-4,6-13,16,21H,5,14-15,17-18H2,1-2H3/t21-/m1/s1. The molecule has 0 unspecified atom stereocenters. The van der Waals surface area contributed by atoms with Gasteiger partial charge in [-0.15, -0.1) is 0 Å². The number of hydrogen-bond acceptors (Lipinski definition) is 3. The fraction of sp³-hybridized carbons (Fsp3) is 0.286. The number of para-hydroxylation sites is 2. The van der Waals surface area contributed by atoms with Gasteiger partial charge in [0.05, 0.1) is 17.6 Å². The van der Waals surface area contributed by atoms with E-state index in [1.54, 1.807) is 17.0 Å². The molecular formula is C28H28FN3O2. The molecule has 1 aliphatic heterocycles. The molecule has 0 N–H and O–H groups in total. The highest BCUT2D eigenvalue weighted by molar-refractivity contribution is 5.96. The molecule has 5 rings (SSSR count). The van der Waals surface area contributed by atoms with Crippen molar-refractivity contribution in [2.75, 3.05) is 18.1 Å². The van der Waals surface area contributed by atoms with E-state index in [4.69, 9.17) is 9.72 Å². The van der Waals surface area contributed by atoms with Gasteiger partial charge in [0.2, 0.25) is 5.91 Å². The van der Waals surface area contributed by atoms with Crippen molar-refractivity contribution in [3.63, 3.8) is 0 Å². The maximum atomic E-state index is 13.4. The maximum Gasteiger partial charge on any atom is 0.227 e. The Morgan fingerprint density at radius 2 is 1.85 bits per heavy atom. The summed E-state index contributed by atoms with van der Waals surface area (Å²) in [6, 6.07) is 20.4. The molecule has 1 aromatic heterocycles. The zero-order valence-corrected chi connectivity index (χ0v) is 19.5. The number of aromatic nitrogens is 2. The molecule has 4 aromatic rings. The molecule has 2 heterocycles. The topological polar surface area (TPSA) is 47.4 Å². The van der Waals surface area contributed by atoms with Crippen molar-refractivity contribution in [1.29, 1.82) is 0 Å². The summed E-state index contributed by atoms with van der Waals surface area (Å²) in [5.41, 5.74) is 5.03. The van der Waals surface area contributed by atoms with Crippen molar-refractivity contribution >= 4 is 22.6 Å².